The number of fused-ring (bicyclic) bond motifs is 2. The Morgan fingerprint density at radius 3 is 2.79 bits per heavy atom. The molecule has 1 saturated heterocycles. The highest BCUT2D eigenvalue weighted by Gasteiger charge is 2.40. The number of H-pyrrole nitrogens is 2. The molecule has 0 bridgehead atoms. The molecule has 0 amide bonds. The number of rotatable bonds is 7. The monoisotopic (exact) mass is 543 g/mol. The minimum Gasteiger partial charge on any atom is -0.453 e. The number of aromatic nitrogens is 4. The third-order valence-corrected chi connectivity index (χ3v) is 8.76. The van der Waals surface area contributed by atoms with Gasteiger partial charge in [0, 0.05) is 42.7 Å². The Labute approximate surface area is 231 Å². The van der Waals surface area contributed by atoms with Crippen molar-refractivity contribution in [3.63, 3.8) is 0 Å². The van der Waals surface area contributed by atoms with Crippen LogP contribution >= 0.6 is 11.8 Å². The quantitative estimate of drug-likeness (QED) is 0.304. The van der Waals surface area contributed by atoms with Gasteiger partial charge in [-0.1, -0.05) is 25.5 Å². The molecule has 2 unspecified atom stereocenters. The van der Waals surface area contributed by atoms with Crippen LogP contribution in [0.15, 0.2) is 68.5 Å². The summed E-state index contributed by atoms with van der Waals surface area (Å²) in [6.07, 6.45) is 5.81. The lowest BCUT2D eigenvalue weighted by atomic mass is 9.82. The average molecular weight is 544 g/mol. The Balaban J connectivity index is 1.11. The number of furan rings is 1. The van der Waals surface area contributed by atoms with Crippen molar-refractivity contribution < 1.29 is 9.21 Å². The number of likely N-dealkylation sites (tertiary alicyclic amines) is 1. The molecular formula is C29H33N7O2S. The normalized spacial score (nSPS) is 21.2. The SMILES string of the molecule is CC(CN1CCCCC1)CN1CC(=O)C2=C(C1)Nc1n[nH]cc1C2c1ccc(Sc2nc3ccccc3[nH]2)o1. The molecule has 1 aromatic carbocycles. The summed E-state index contributed by atoms with van der Waals surface area (Å²) < 4.78 is 6.35. The van der Waals surface area contributed by atoms with Crippen molar-refractivity contribution in [1.29, 1.82) is 0 Å². The van der Waals surface area contributed by atoms with E-state index in [0.29, 0.717) is 19.0 Å². The second-order valence-electron chi connectivity index (χ2n) is 11.0. The van der Waals surface area contributed by atoms with Crippen LogP contribution in [0.3, 0.4) is 0 Å². The van der Waals surface area contributed by atoms with E-state index in [-0.39, 0.29) is 11.7 Å². The lowest BCUT2D eigenvalue weighted by Gasteiger charge is -2.37. The third kappa shape index (κ3) is 4.92. The number of imidazole rings is 1. The number of benzene rings is 1. The van der Waals surface area contributed by atoms with E-state index in [1.165, 1.54) is 44.1 Å². The molecule has 6 heterocycles. The van der Waals surface area contributed by atoms with E-state index >= 15 is 0 Å². The largest absolute Gasteiger partial charge is 0.453 e. The van der Waals surface area contributed by atoms with Gasteiger partial charge in [-0.3, -0.25) is 14.8 Å². The van der Waals surface area contributed by atoms with E-state index in [9.17, 15) is 4.79 Å². The number of aromatic amines is 2. The first kappa shape index (κ1) is 24.7. The van der Waals surface area contributed by atoms with Crippen molar-refractivity contribution in [3.05, 3.63) is 65.2 Å². The standard InChI is InChI=1S/C29H33N7O2S/c1-18(14-35-11-5-2-6-12-35)15-36-16-22-27(23(37)17-36)26(19-13-30-34-28(19)31-22)24-9-10-25(38-24)39-29-32-20-7-3-4-8-21(20)33-29/h3-4,7-10,13,18,26H,2,5-6,11-12,14-17H2,1H3,(H,32,33)(H2,30,31,34). The maximum Gasteiger partial charge on any atom is 0.175 e. The minimum atomic E-state index is -0.291. The maximum atomic E-state index is 13.7. The van der Waals surface area contributed by atoms with E-state index < -0.39 is 0 Å². The molecule has 4 aromatic rings. The first-order chi connectivity index (χ1) is 19.1. The molecule has 202 valence electrons. The lowest BCUT2D eigenvalue weighted by molar-refractivity contribution is -0.117. The van der Waals surface area contributed by atoms with Gasteiger partial charge in [0.05, 0.1) is 23.5 Å². The van der Waals surface area contributed by atoms with Gasteiger partial charge < -0.3 is 19.6 Å². The number of carbonyl (C=O) groups excluding carboxylic acids is 1. The first-order valence-electron chi connectivity index (χ1n) is 13.8. The lowest BCUT2D eigenvalue weighted by Crippen LogP contribution is -2.45. The summed E-state index contributed by atoms with van der Waals surface area (Å²) in [7, 11) is 0. The van der Waals surface area contributed by atoms with Crippen LogP contribution in [0.1, 0.15) is 43.4 Å². The zero-order valence-corrected chi connectivity index (χ0v) is 22.9. The smallest absolute Gasteiger partial charge is 0.175 e. The van der Waals surface area contributed by atoms with Crippen LogP contribution < -0.4 is 5.32 Å². The van der Waals surface area contributed by atoms with Crippen LogP contribution in [0.2, 0.25) is 0 Å². The molecule has 3 N–H and O–H groups in total. The molecule has 0 spiro atoms. The van der Waals surface area contributed by atoms with Crippen LogP contribution in [-0.2, 0) is 4.79 Å². The molecule has 1 fully saturated rings. The predicted octanol–water partition coefficient (Wildman–Crippen LogP) is 4.85. The van der Waals surface area contributed by atoms with E-state index in [0.717, 1.165) is 62.8 Å². The predicted molar refractivity (Wildman–Crippen MR) is 151 cm³/mol. The number of para-hydroxylation sites is 2. The highest BCUT2D eigenvalue weighted by atomic mass is 32.2. The number of ketones is 1. The van der Waals surface area contributed by atoms with Crippen LogP contribution in [0, 0.1) is 5.92 Å². The van der Waals surface area contributed by atoms with E-state index in [2.05, 4.69) is 42.2 Å². The topological polar surface area (TPSA) is 106 Å². The number of Topliss-reactive ketones (excluding diaryl/α,β-unsaturated/α-hetero) is 1. The van der Waals surface area contributed by atoms with Crippen LogP contribution in [0.25, 0.3) is 11.0 Å². The maximum absolute atomic E-state index is 13.7. The highest BCUT2D eigenvalue weighted by molar-refractivity contribution is 7.99. The fourth-order valence-corrected chi connectivity index (χ4v) is 7.07. The Hall–Kier alpha value is -3.34. The number of piperidine rings is 1. The van der Waals surface area contributed by atoms with Gasteiger partial charge in [-0.2, -0.15) is 5.10 Å². The highest BCUT2D eigenvalue weighted by Crippen LogP contribution is 2.44. The number of hydrogen-bond acceptors (Lipinski definition) is 8. The molecule has 3 aliphatic heterocycles. The van der Waals surface area contributed by atoms with Gasteiger partial charge in [0.1, 0.15) is 5.76 Å². The van der Waals surface area contributed by atoms with Gasteiger partial charge in [-0.25, -0.2) is 4.98 Å². The number of hydrogen-bond donors (Lipinski definition) is 3. The molecule has 3 aromatic heterocycles. The van der Waals surface area contributed by atoms with Crippen molar-refractivity contribution >= 4 is 34.4 Å². The second-order valence-corrected chi connectivity index (χ2v) is 12.0. The fourth-order valence-electron chi connectivity index (χ4n) is 6.30. The summed E-state index contributed by atoms with van der Waals surface area (Å²) in [6.45, 7) is 7.82. The molecule has 0 radical (unpaired) electrons. The van der Waals surface area contributed by atoms with Gasteiger partial charge in [-0.05, 0) is 67.9 Å². The summed E-state index contributed by atoms with van der Waals surface area (Å²) in [5.41, 5.74) is 4.57. The Morgan fingerprint density at radius 1 is 1.08 bits per heavy atom. The molecular weight excluding hydrogens is 510 g/mol. The average Bonchev–Trinajstić information content (AvgIpc) is 3.67. The van der Waals surface area contributed by atoms with Gasteiger partial charge in [0.25, 0.3) is 0 Å². The molecule has 0 saturated carbocycles. The summed E-state index contributed by atoms with van der Waals surface area (Å²) in [5, 5.41) is 12.4. The summed E-state index contributed by atoms with van der Waals surface area (Å²) >= 11 is 1.45. The molecule has 3 aliphatic rings. The van der Waals surface area contributed by atoms with Crippen molar-refractivity contribution in [2.75, 3.05) is 44.6 Å². The van der Waals surface area contributed by atoms with Crippen molar-refractivity contribution in [3.8, 4) is 0 Å². The van der Waals surface area contributed by atoms with Crippen LogP contribution in [0.5, 0.6) is 0 Å². The van der Waals surface area contributed by atoms with Gasteiger partial charge in [-0.15, -0.1) is 0 Å². The fraction of sp³-hybridized carbons (Fsp3) is 0.414. The molecule has 39 heavy (non-hydrogen) atoms. The third-order valence-electron chi connectivity index (χ3n) is 7.95. The van der Waals surface area contributed by atoms with Gasteiger partial charge in [0.15, 0.2) is 21.8 Å². The molecule has 7 rings (SSSR count). The molecule has 10 heteroatoms. The first-order valence-corrected chi connectivity index (χ1v) is 14.7. The minimum absolute atomic E-state index is 0.147. The van der Waals surface area contributed by atoms with Crippen molar-refractivity contribution in [2.24, 2.45) is 5.92 Å². The number of nitrogens with one attached hydrogen (secondary N) is 3. The molecule has 2 atom stereocenters. The zero-order valence-electron chi connectivity index (χ0n) is 22.1. The number of anilines is 1. The Morgan fingerprint density at radius 2 is 1.92 bits per heavy atom. The summed E-state index contributed by atoms with van der Waals surface area (Å²) in [6, 6.07) is 11.9. The second kappa shape index (κ2) is 10.3. The molecule has 9 nitrogen and oxygen atoms in total. The Bertz CT molecular complexity index is 1500. The van der Waals surface area contributed by atoms with E-state index in [1.54, 1.807) is 0 Å². The van der Waals surface area contributed by atoms with Crippen molar-refractivity contribution in [1.82, 2.24) is 30.0 Å². The zero-order chi connectivity index (χ0) is 26.3. The summed E-state index contributed by atoms with van der Waals surface area (Å²) in [5.74, 6) is 1.86. The summed E-state index contributed by atoms with van der Waals surface area (Å²) in [4.78, 5) is 26.5. The van der Waals surface area contributed by atoms with E-state index in [4.69, 9.17) is 4.42 Å². The number of carbonyl (C=O) groups is 1. The van der Waals surface area contributed by atoms with Crippen LogP contribution in [0.4, 0.5) is 5.82 Å². The van der Waals surface area contributed by atoms with Gasteiger partial charge >= 0.3 is 0 Å². The van der Waals surface area contributed by atoms with Gasteiger partial charge in [0.2, 0.25) is 0 Å². The number of nitrogens with zero attached hydrogens (tertiary/aromatic N) is 4. The van der Waals surface area contributed by atoms with Crippen LogP contribution in [-0.4, -0.2) is 75.0 Å². The molecule has 0 aliphatic carbocycles. The van der Waals surface area contributed by atoms with Crippen molar-refractivity contribution in [2.45, 2.75) is 42.4 Å². The Kier molecular flexibility index (Phi) is 6.54. The van der Waals surface area contributed by atoms with E-state index in [1.807, 2.05) is 42.6 Å².